The summed E-state index contributed by atoms with van der Waals surface area (Å²) < 4.78 is 23.7. The normalized spacial score (nSPS) is 10.3. The summed E-state index contributed by atoms with van der Waals surface area (Å²) in [6.45, 7) is 3.46. The van der Waals surface area contributed by atoms with Crippen molar-refractivity contribution in [1.82, 2.24) is 5.32 Å². The highest BCUT2D eigenvalue weighted by atomic mass is 19.1. The number of aryl methyl sites for hydroxylation is 2. The van der Waals surface area contributed by atoms with Gasteiger partial charge in [0.2, 0.25) is 0 Å². The molecule has 5 nitrogen and oxygen atoms in total. The number of amides is 1. The Bertz CT molecular complexity index is 756. The third kappa shape index (κ3) is 6.55. The second-order valence-electron chi connectivity index (χ2n) is 5.96. The lowest BCUT2D eigenvalue weighted by atomic mass is 10.1. The molecule has 0 spiro atoms. The molecular formula is C20H22FNO4. The third-order valence-corrected chi connectivity index (χ3v) is 3.59. The maximum absolute atomic E-state index is 13.4. The number of carbonyl (C=O) groups excluding carboxylic acids is 2. The van der Waals surface area contributed by atoms with Crippen molar-refractivity contribution in [2.24, 2.45) is 0 Å². The number of halogens is 1. The summed E-state index contributed by atoms with van der Waals surface area (Å²) in [4.78, 5) is 23.3. The molecule has 0 fully saturated rings. The van der Waals surface area contributed by atoms with Crippen molar-refractivity contribution in [2.45, 2.75) is 20.3 Å². The Kier molecular flexibility index (Phi) is 7.14. The van der Waals surface area contributed by atoms with Crippen molar-refractivity contribution >= 4 is 11.9 Å². The predicted molar refractivity (Wildman–Crippen MR) is 95.5 cm³/mol. The van der Waals surface area contributed by atoms with Crippen molar-refractivity contribution in [2.75, 3.05) is 19.8 Å². The highest BCUT2D eigenvalue weighted by molar-refractivity contribution is 5.80. The van der Waals surface area contributed by atoms with Gasteiger partial charge in [0, 0.05) is 6.54 Å². The van der Waals surface area contributed by atoms with Crippen LogP contribution in [-0.2, 0) is 20.7 Å². The summed E-state index contributed by atoms with van der Waals surface area (Å²) in [6, 6.07) is 12.0. The van der Waals surface area contributed by atoms with E-state index < -0.39 is 18.5 Å². The lowest BCUT2D eigenvalue weighted by molar-refractivity contribution is -0.150. The van der Waals surface area contributed by atoms with Gasteiger partial charge in [-0.3, -0.25) is 4.79 Å². The van der Waals surface area contributed by atoms with Gasteiger partial charge in [-0.2, -0.15) is 0 Å². The molecule has 6 heteroatoms. The molecule has 0 radical (unpaired) electrons. The molecule has 0 bridgehead atoms. The SMILES string of the molecule is Cc1cc(C)cc(OCC(=O)OCC(=O)NCCc2ccccc2F)c1. The molecule has 2 rings (SSSR count). The standard InChI is InChI=1S/C20H22FNO4/c1-14-9-15(2)11-17(10-14)25-13-20(24)26-12-19(23)22-8-7-16-5-3-4-6-18(16)21/h3-6,9-11H,7-8,12-13H2,1-2H3,(H,22,23). The molecule has 1 N–H and O–H groups in total. The molecule has 0 unspecified atom stereocenters. The molecule has 26 heavy (non-hydrogen) atoms. The molecule has 0 saturated carbocycles. The fraction of sp³-hybridized carbons (Fsp3) is 0.300. The van der Waals surface area contributed by atoms with Gasteiger partial charge in [-0.1, -0.05) is 24.3 Å². The van der Waals surface area contributed by atoms with Crippen LogP contribution >= 0.6 is 0 Å². The third-order valence-electron chi connectivity index (χ3n) is 3.59. The lowest BCUT2D eigenvalue weighted by Gasteiger charge is -2.09. The fourth-order valence-corrected chi connectivity index (χ4v) is 2.43. The molecule has 0 atom stereocenters. The number of rotatable bonds is 8. The van der Waals surface area contributed by atoms with E-state index in [0.717, 1.165) is 11.1 Å². The average Bonchev–Trinajstić information content (AvgIpc) is 2.59. The van der Waals surface area contributed by atoms with E-state index in [4.69, 9.17) is 9.47 Å². The number of benzene rings is 2. The van der Waals surface area contributed by atoms with Crippen LogP contribution in [0.3, 0.4) is 0 Å². The summed E-state index contributed by atoms with van der Waals surface area (Å²) in [5, 5.41) is 2.58. The first-order valence-electron chi connectivity index (χ1n) is 8.31. The van der Waals surface area contributed by atoms with Gasteiger partial charge in [-0.25, -0.2) is 9.18 Å². The smallest absolute Gasteiger partial charge is 0.344 e. The van der Waals surface area contributed by atoms with Gasteiger partial charge in [-0.15, -0.1) is 0 Å². The van der Waals surface area contributed by atoms with Crippen molar-refractivity contribution in [3.8, 4) is 5.75 Å². The first-order valence-corrected chi connectivity index (χ1v) is 8.31. The molecule has 0 aliphatic carbocycles. The van der Waals surface area contributed by atoms with Crippen LogP contribution in [0, 0.1) is 19.7 Å². The number of esters is 1. The van der Waals surface area contributed by atoms with Crippen LogP contribution in [0.1, 0.15) is 16.7 Å². The van der Waals surface area contributed by atoms with E-state index in [1.807, 2.05) is 32.0 Å². The van der Waals surface area contributed by atoms with E-state index in [1.165, 1.54) is 6.07 Å². The molecule has 0 heterocycles. The Hall–Kier alpha value is -2.89. The van der Waals surface area contributed by atoms with E-state index >= 15 is 0 Å². The molecule has 0 aromatic heterocycles. The first-order chi connectivity index (χ1) is 12.4. The van der Waals surface area contributed by atoms with Crippen LogP contribution in [0.15, 0.2) is 42.5 Å². The zero-order valence-electron chi connectivity index (χ0n) is 14.9. The summed E-state index contributed by atoms with van der Waals surface area (Å²) in [6.07, 6.45) is 0.363. The second kappa shape index (κ2) is 9.56. The lowest BCUT2D eigenvalue weighted by Crippen LogP contribution is -2.31. The number of hydrogen-bond acceptors (Lipinski definition) is 4. The Morgan fingerprint density at radius 3 is 2.42 bits per heavy atom. The average molecular weight is 359 g/mol. The minimum atomic E-state index is -0.631. The largest absolute Gasteiger partial charge is 0.482 e. The highest BCUT2D eigenvalue weighted by Gasteiger charge is 2.09. The van der Waals surface area contributed by atoms with Crippen LogP contribution in [0.4, 0.5) is 4.39 Å². The van der Waals surface area contributed by atoms with Crippen molar-refractivity contribution in [3.63, 3.8) is 0 Å². The molecule has 2 aromatic rings. The van der Waals surface area contributed by atoms with E-state index in [9.17, 15) is 14.0 Å². The summed E-state index contributed by atoms with van der Waals surface area (Å²) in [7, 11) is 0. The van der Waals surface area contributed by atoms with E-state index in [1.54, 1.807) is 18.2 Å². The van der Waals surface area contributed by atoms with Gasteiger partial charge in [0.25, 0.3) is 5.91 Å². The van der Waals surface area contributed by atoms with Gasteiger partial charge >= 0.3 is 5.97 Å². The monoisotopic (exact) mass is 359 g/mol. The van der Waals surface area contributed by atoms with Gasteiger partial charge in [0.15, 0.2) is 13.2 Å². The van der Waals surface area contributed by atoms with Gasteiger partial charge in [-0.05, 0) is 55.2 Å². The van der Waals surface area contributed by atoms with Crippen LogP contribution in [0.25, 0.3) is 0 Å². The highest BCUT2D eigenvalue weighted by Crippen LogP contribution is 2.16. The number of nitrogens with one attached hydrogen (secondary N) is 1. The molecule has 0 saturated heterocycles. The summed E-state index contributed by atoms with van der Waals surface area (Å²) in [5.41, 5.74) is 2.58. The zero-order valence-corrected chi connectivity index (χ0v) is 14.9. The number of ether oxygens (including phenoxy) is 2. The molecular weight excluding hydrogens is 337 g/mol. The van der Waals surface area contributed by atoms with E-state index in [-0.39, 0.29) is 19.0 Å². The van der Waals surface area contributed by atoms with Gasteiger partial charge in [0.05, 0.1) is 0 Å². The maximum Gasteiger partial charge on any atom is 0.344 e. The van der Waals surface area contributed by atoms with Gasteiger partial charge < -0.3 is 14.8 Å². The Balaban J connectivity index is 1.65. The van der Waals surface area contributed by atoms with Crippen LogP contribution in [0.5, 0.6) is 5.75 Å². The van der Waals surface area contributed by atoms with Gasteiger partial charge in [0.1, 0.15) is 11.6 Å². The quantitative estimate of drug-likeness (QED) is 0.736. The predicted octanol–water partition coefficient (Wildman–Crippen LogP) is 2.72. The topological polar surface area (TPSA) is 64.6 Å². The molecule has 0 aliphatic rings. The number of carbonyl (C=O) groups is 2. The van der Waals surface area contributed by atoms with E-state index in [2.05, 4.69) is 5.32 Å². The summed E-state index contributed by atoms with van der Waals surface area (Å²) in [5.74, 6) is -0.806. The molecule has 2 aromatic carbocycles. The van der Waals surface area contributed by atoms with E-state index in [0.29, 0.717) is 17.7 Å². The van der Waals surface area contributed by atoms with Crippen LogP contribution < -0.4 is 10.1 Å². The summed E-state index contributed by atoms with van der Waals surface area (Å²) >= 11 is 0. The first kappa shape index (κ1) is 19.4. The van der Waals surface area contributed by atoms with Crippen LogP contribution in [-0.4, -0.2) is 31.6 Å². The fourth-order valence-electron chi connectivity index (χ4n) is 2.43. The van der Waals surface area contributed by atoms with Crippen molar-refractivity contribution in [3.05, 3.63) is 65.0 Å². The molecule has 1 amide bonds. The minimum Gasteiger partial charge on any atom is -0.482 e. The maximum atomic E-state index is 13.4. The Morgan fingerprint density at radius 1 is 1.04 bits per heavy atom. The van der Waals surface area contributed by atoms with Crippen LogP contribution in [0.2, 0.25) is 0 Å². The van der Waals surface area contributed by atoms with Crippen molar-refractivity contribution in [1.29, 1.82) is 0 Å². The second-order valence-corrected chi connectivity index (χ2v) is 5.96. The zero-order chi connectivity index (χ0) is 18.9. The molecule has 0 aliphatic heterocycles. The molecule has 138 valence electrons. The minimum absolute atomic E-state index is 0.260. The Morgan fingerprint density at radius 2 is 1.73 bits per heavy atom. The van der Waals surface area contributed by atoms with Crippen molar-refractivity contribution < 1.29 is 23.5 Å². The Labute approximate surface area is 152 Å². The number of hydrogen-bond donors (Lipinski definition) is 1.